The molecule has 0 atom stereocenters. The van der Waals surface area contributed by atoms with E-state index in [1.807, 2.05) is 30.3 Å². The molecule has 96 valence electrons. The predicted octanol–water partition coefficient (Wildman–Crippen LogP) is 2.54. The van der Waals surface area contributed by atoms with E-state index < -0.39 is 0 Å². The van der Waals surface area contributed by atoms with Crippen molar-refractivity contribution in [3.63, 3.8) is 0 Å². The van der Waals surface area contributed by atoms with E-state index in [4.69, 9.17) is 4.42 Å². The number of hydrogen-bond acceptors (Lipinski definition) is 4. The molecule has 5 nitrogen and oxygen atoms in total. The summed E-state index contributed by atoms with van der Waals surface area (Å²) in [6, 6.07) is 9.28. The molecule has 0 radical (unpaired) electrons. The van der Waals surface area contributed by atoms with E-state index in [-0.39, 0.29) is 12.4 Å². The maximum absolute atomic E-state index is 11.2. The Morgan fingerprint density at radius 3 is 3.05 bits per heavy atom. The molecule has 0 aliphatic heterocycles. The maximum atomic E-state index is 11.2. The number of carbonyl (C=O) groups excluding carboxylic acids is 1. The fourth-order valence-corrected chi connectivity index (χ4v) is 1.94. The Morgan fingerprint density at radius 2 is 2.32 bits per heavy atom. The monoisotopic (exact) mass is 256 g/mol. The number of fused-ring (bicyclic) bond motifs is 1. The summed E-state index contributed by atoms with van der Waals surface area (Å²) in [4.78, 5) is 18.8. The minimum atomic E-state index is -0.259. The molecule has 19 heavy (non-hydrogen) atoms. The van der Waals surface area contributed by atoms with Crippen molar-refractivity contribution < 1.29 is 13.9 Å². The number of nitrogens with zero attached hydrogens (tertiary/aromatic N) is 1. The van der Waals surface area contributed by atoms with E-state index in [1.165, 1.54) is 7.11 Å². The molecule has 2 aromatic heterocycles. The molecule has 2 heterocycles. The van der Waals surface area contributed by atoms with Crippen molar-refractivity contribution in [3.05, 3.63) is 42.2 Å². The van der Waals surface area contributed by atoms with Gasteiger partial charge in [0.15, 0.2) is 11.6 Å². The molecule has 1 N–H and O–H groups in total. The summed E-state index contributed by atoms with van der Waals surface area (Å²) < 4.78 is 9.94. The standard InChI is InChI=1S/C14H12N2O3/c1-18-13(17)8-9-4-5-10-11(7-9)16-14(15-10)12-3-2-6-19-12/h2-7H,8H2,1H3,(H,15,16). The molecular formula is C14H12N2O3. The molecule has 0 aliphatic rings. The van der Waals surface area contributed by atoms with Gasteiger partial charge in [0.2, 0.25) is 0 Å². The molecule has 0 saturated carbocycles. The molecule has 0 unspecified atom stereocenters. The van der Waals surface area contributed by atoms with Gasteiger partial charge >= 0.3 is 5.97 Å². The first kappa shape index (κ1) is 11.5. The van der Waals surface area contributed by atoms with Crippen LogP contribution in [0.1, 0.15) is 5.56 Å². The Balaban J connectivity index is 1.97. The summed E-state index contributed by atoms with van der Waals surface area (Å²) in [5.74, 6) is 1.10. The normalized spacial score (nSPS) is 10.8. The van der Waals surface area contributed by atoms with Gasteiger partial charge in [0.25, 0.3) is 0 Å². The van der Waals surface area contributed by atoms with Gasteiger partial charge in [0.1, 0.15) is 0 Å². The van der Waals surface area contributed by atoms with Crippen molar-refractivity contribution in [3.8, 4) is 11.6 Å². The van der Waals surface area contributed by atoms with Crippen LogP contribution in [0.2, 0.25) is 0 Å². The van der Waals surface area contributed by atoms with E-state index >= 15 is 0 Å². The minimum Gasteiger partial charge on any atom is -0.469 e. The summed E-state index contributed by atoms with van der Waals surface area (Å²) in [6.07, 6.45) is 1.85. The minimum absolute atomic E-state index is 0.252. The molecular weight excluding hydrogens is 244 g/mol. The first-order chi connectivity index (χ1) is 9.26. The van der Waals surface area contributed by atoms with Gasteiger partial charge in [-0.25, -0.2) is 4.98 Å². The molecule has 0 bridgehead atoms. The average molecular weight is 256 g/mol. The summed E-state index contributed by atoms with van der Waals surface area (Å²) in [7, 11) is 1.38. The number of carbonyl (C=O) groups is 1. The first-order valence-corrected chi connectivity index (χ1v) is 5.85. The van der Waals surface area contributed by atoms with Gasteiger partial charge in [-0.05, 0) is 29.8 Å². The van der Waals surface area contributed by atoms with Gasteiger partial charge in [-0.1, -0.05) is 6.07 Å². The van der Waals surface area contributed by atoms with Crippen molar-refractivity contribution in [2.75, 3.05) is 7.11 Å². The zero-order chi connectivity index (χ0) is 13.2. The zero-order valence-corrected chi connectivity index (χ0v) is 10.3. The van der Waals surface area contributed by atoms with Crippen LogP contribution < -0.4 is 0 Å². The number of imidazole rings is 1. The fourth-order valence-electron chi connectivity index (χ4n) is 1.94. The highest BCUT2D eigenvalue weighted by molar-refractivity contribution is 5.81. The van der Waals surface area contributed by atoms with E-state index in [0.717, 1.165) is 16.6 Å². The molecule has 0 fully saturated rings. The summed E-state index contributed by atoms with van der Waals surface area (Å²) >= 11 is 0. The smallest absolute Gasteiger partial charge is 0.309 e. The third kappa shape index (κ3) is 2.22. The SMILES string of the molecule is COC(=O)Cc1ccc2nc(-c3ccco3)[nH]c2c1. The van der Waals surface area contributed by atoms with Crippen molar-refractivity contribution in [1.29, 1.82) is 0 Å². The highest BCUT2D eigenvalue weighted by Gasteiger charge is 2.09. The van der Waals surface area contributed by atoms with Crippen LogP contribution in [-0.4, -0.2) is 23.0 Å². The van der Waals surface area contributed by atoms with Gasteiger partial charge in [-0.2, -0.15) is 0 Å². The summed E-state index contributed by atoms with van der Waals surface area (Å²) in [5, 5.41) is 0. The number of aromatic amines is 1. The Kier molecular flexibility index (Phi) is 2.79. The lowest BCUT2D eigenvalue weighted by Crippen LogP contribution is -2.04. The van der Waals surface area contributed by atoms with E-state index in [2.05, 4.69) is 14.7 Å². The maximum Gasteiger partial charge on any atom is 0.309 e. The van der Waals surface area contributed by atoms with Crippen LogP contribution in [0.4, 0.5) is 0 Å². The van der Waals surface area contributed by atoms with Crippen molar-refractivity contribution in [1.82, 2.24) is 9.97 Å². The zero-order valence-electron chi connectivity index (χ0n) is 10.3. The second-order valence-electron chi connectivity index (χ2n) is 4.17. The first-order valence-electron chi connectivity index (χ1n) is 5.85. The molecule has 0 spiro atoms. The highest BCUT2D eigenvalue weighted by Crippen LogP contribution is 2.21. The molecule has 3 aromatic rings. The number of methoxy groups -OCH3 is 1. The number of aromatic nitrogens is 2. The van der Waals surface area contributed by atoms with Crippen LogP contribution in [-0.2, 0) is 16.0 Å². The number of H-pyrrole nitrogens is 1. The number of ether oxygens (including phenoxy) is 1. The molecule has 5 heteroatoms. The van der Waals surface area contributed by atoms with Crippen LogP contribution in [0.25, 0.3) is 22.6 Å². The van der Waals surface area contributed by atoms with Crippen LogP contribution in [0.15, 0.2) is 41.0 Å². The van der Waals surface area contributed by atoms with Gasteiger partial charge < -0.3 is 14.1 Å². The van der Waals surface area contributed by atoms with Crippen molar-refractivity contribution in [2.45, 2.75) is 6.42 Å². The van der Waals surface area contributed by atoms with E-state index in [0.29, 0.717) is 11.6 Å². The average Bonchev–Trinajstić information content (AvgIpc) is 3.06. The molecule has 0 aliphatic carbocycles. The van der Waals surface area contributed by atoms with Crippen molar-refractivity contribution in [2.24, 2.45) is 0 Å². The molecule has 1 aromatic carbocycles. The number of nitrogens with one attached hydrogen (secondary N) is 1. The third-order valence-electron chi connectivity index (χ3n) is 2.88. The Labute approximate surface area is 109 Å². The Bertz CT molecular complexity index is 713. The summed E-state index contributed by atoms with van der Waals surface area (Å²) in [5.41, 5.74) is 2.59. The van der Waals surface area contributed by atoms with Gasteiger partial charge in [-0.15, -0.1) is 0 Å². The second-order valence-corrected chi connectivity index (χ2v) is 4.17. The number of benzene rings is 1. The number of furan rings is 1. The summed E-state index contributed by atoms with van der Waals surface area (Å²) in [6.45, 7) is 0. The largest absolute Gasteiger partial charge is 0.469 e. The molecule has 0 amide bonds. The lowest BCUT2D eigenvalue weighted by atomic mass is 10.1. The third-order valence-corrected chi connectivity index (χ3v) is 2.88. The lowest BCUT2D eigenvalue weighted by Gasteiger charge is -1.99. The number of hydrogen-bond donors (Lipinski definition) is 1. The number of esters is 1. The second kappa shape index (κ2) is 4.61. The van der Waals surface area contributed by atoms with Crippen LogP contribution in [0.5, 0.6) is 0 Å². The lowest BCUT2D eigenvalue weighted by molar-refractivity contribution is -0.139. The Morgan fingerprint density at radius 1 is 1.42 bits per heavy atom. The fraction of sp³-hybridized carbons (Fsp3) is 0.143. The van der Waals surface area contributed by atoms with Crippen LogP contribution in [0.3, 0.4) is 0 Å². The topological polar surface area (TPSA) is 68.1 Å². The molecule has 3 rings (SSSR count). The van der Waals surface area contributed by atoms with Crippen LogP contribution in [0, 0.1) is 0 Å². The number of rotatable bonds is 3. The quantitative estimate of drug-likeness (QED) is 0.731. The van der Waals surface area contributed by atoms with Gasteiger partial charge in [0.05, 0.1) is 30.8 Å². The van der Waals surface area contributed by atoms with Crippen LogP contribution >= 0.6 is 0 Å². The predicted molar refractivity (Wildman–Crippen MR) is 69.5 cm³/mol. The van der Waals surface area contributed by atoms with E-state index in [9.17, 15) is 4.79 Å². The van der Waals surface area contributed by atoms with Gasteiger partial charge in [0, 0.05) is 0 Å². The molecule has 0 saturated heterocycles. The highest BCUT2D eigenvalue weighted by atomic mass is 16.5. The van der Waals surface area contributed by atoms with E-state index in [1.54, 1.807) is 6.26 Å². The Hall–Kier alpha value is -2.56. The van der Waals surface area contributed by atoms with Gasteiger partial charge in [-0.3, -0.25) is 4.79 Å². The van der Waals surface area contributed by atoms with Crippen molar-refractivity contribution >= 4 is 17.0 Å².